The average molecular weight is 389 g/mol. The Kier molecular flexibility index (Phi) is 4.15. The number of imidazole rings is 1. The average Bonchev–Trinajstić information content (AvgIpc) is 2.79. The molecule has 3 nitrogen and oxygen atoms in total. The van der Waals surface area contributed by atoms with E-state index >= 15 is 0 Å². The van der Waals surface area contributed by atoms with Crippen LogP contribution in [0.25, 0.3) is 16.9 Å². The van der Waals surface area contributed by atoms with Crippen molar-refractivity contribution in [2.75, 3.05) is 5.88 Å². The van der Waals surface area contributed by atoms with Crippen LogP contribution in [0, 0.1) is 5.82 Å². The van der Waals surface area contributed by atoms with E-state index in [1.54, 1.807) is 18.3 Å². The highest BCUT2D eigenvalue weighted by atomic mass is 79.9. The Balaban J connectivity index is 2.27. The van der Waals surface area contributed by atoms with Crippen LogP contribution in [-0.4, -0.2) is 20.4 Å². The van der Waals surface area contributed by atoms with Gasteiger partial charge in [0.1, 0.15) is 17.2 Å². The van der Waals surface area contributed by atoms with Crippen LogP contribution in [-0.2, 0) is 6.42 Å². The van der Waals surface area contributed by atoms with Gasteiger partial charge in [-0.2, -0.15) is 0 Å². The van der Waals surface area contributed by atoms with Gasteiger partial charge in [0.15, 0.2) is 5.65 Å². The molecule has 21 heavy (non-hydrogen) atoms. The third kappa shape index (κ3) is 2.78. The lowest BCUT2D eigenvalue weighted by molar-refractivity contribution is 0.627. The van der Waals surface area contributed by atoms with Gasteiger partial charge in [0, 0.05) is 23.0 Å². The van der Waals surface area contributed by atoms with Crippen LogP contribution in [0.15, 0.2) is 34.9 Å². The number of hydrogen-bond acceptors (Lipinski definition) is 2. The van der Waals surface area contributed by atoms with Crippen molar-refractivity contribution >= 4 is 50.3 Å². The van der Waals surface area contributed by atoms with Gasteiger partial charge >= 0.3 is 0 Å². The highest BCUT2D eigenvalue weighted by Gasteiger charge is 2.14. The van der Waals surface area contributed by atoms with E-state index in [2.05, 4.69) is 25.9 Å². The van der Waals surface area contributed by atoms with Crippen molar-refractivity contribution in [3.63, 3.8) is 0 Å². The van der Waals surface area contributed by atoms with E-state index in [1.807, 2.05) is 10.6 Å². The quantitative estimate of drug-likeness (QED) is 0.605. The number of rotatable bonds is 3. The Morgan fingerprint density at radius 2 is 2.10 bits per heavy atom. The summed E-state index contributed by atoms with van der Waals surface area (Å²) in [4.78, 5) is 8.93. The summed E-state index contributed by atoms with van der Waals surface area (Å²) in [6, 6.07) is 6.40. The van der Waals surface area contributed by atoms with E-state index < -0.39 is 5.82 Å². The lowest BCUT2D eigenvalue weighted by atomic mass is 10.3. The van der Waals surface area contributed by atoms with Gasteiger partial charge in [-0.1, -0.05) is 11.6 Å². The Hall–Kier alpha value is -1.17. The van der Waals surface area contributed by atoms with Gasteiger partial charge in [0.25, 0.3) is 0 Å². The fraction of sp³-hybridized carbons (Fsp3) is 0.143. The van der Waals surface area contributed by atoms with Gasteiger partial charge in [0.05, 0.1) is 10.7 Å². The van der Waals surface area contributed by atoms with Crippen LogP contribution in [0.4, 0.5) is 4.39 Å². The lowest BCUT2D eigenvalue weighted by Crippen LogP contribution is -2.03. The van der Waals surface area contributed by atoms with Crippen LogP contribution < -0.4 is 0 Å². The van der Waals surface area contributed by atoms with E-state index in [4.69, 9.17) is 23.2 Å². The fourth-order valence-corrected chi connectivity index (χ4v) is 2.80. The van der Waals surface area contributed by atoms with Crippen LogP contribution in [0.2, 0.25) is 5.02 Å². The molecule has 108 valence electrons. The van der Waals surface area contributed by atoms with Gasteiger partial charge in [-0.3, -0.25) is 4.57 Å². The summed E-state index contributed by atoms with van der Waals surface area (Å²) in [7, 11) is 0. The first-order valence-electron chi connectivity index (χ1n) is 6.14. The van der Waals surface area contributed by atoms with Crippen LogP contribution >= 0.6 is 39.1 Å². The van der Waals surface area contributed by atoms with Crippen LogP contribution in [0.3, 0.4) is 0 Å². The third-order valence-electron chi connectivity index (χ3n) is 3.01. The molecule has 0 N–H and O–H groups in total. The molecule has 0 atom stereocenters. The molecular weight excluding hydrogens is 380 g/mol. The minimum absolute atomic E-state index is 0.0586. The number of benzene rings is 1. The van der Waals surface area contributed by atoms with Crippen molar-refractivity contribution in [2.45, 2.75) is 6.42 Å². The summed E-state index contributed by atoms with van der Waals surface area (Å²) in [6.07, 6.45) is 2.26. The SMILES string of the molecule is Fc1ccc(-n2c(CCCl)nc3cc(Br)cnc32)cc1Cl. The molecule has 0 saturated heterocycles. The Morgan fingerprint density at radius 1 is 1.29 bits per heavy atom. The number of aryl methyl sites for hydroxylation is 1. The van der Waals surface area contributed by atoms with Crippen molar-refractivity contribution < 1.29 is 4.39 Å². The second-order valence-corrected chi connectivity index (χ2v) is 6.10. The standard InChI is InChI=1S/C14H9BrCl2FN3/c15-8-5-12-14(19-7-8)21(13(20-12)3-4-16)9-1-2-11(18)10(17)6-9/h1-2,5-7H,3-4H2. The number of pyridine rings is 1. The first-order valence-corrected chi connectivity index (χ1v) is 7.85. The number of alkyl halides is 1. The first kappa shape index (κ1) is 14.8. The number of nitrogens with zero attached hydrogens (tertiary/aromatic N) is 3. The largest absolute Gasteiger partial charge is 0.281 e. The maximum atomic E-state index is 13.4. The molecule has 7 heteroatoms. The Labute approximate surface area is 138 Å². The molecule has 0 aliphatic carbocycles. The Morgan fingerprint density at radius 3 is 2.81 bits per heavy atom. The molecule has 2 aromatic heterocycles. The summed E-state index contributed by atoms with van der Waals surface area (Å²) >= 11 is 15.1. The van der Waals surface area contributed by atoms with Crippen LogP contribution in [0.5, 0.6) is 0 Å². The van der Waals surface area contributed by atoms with Crippen molar-refractivity contribution in [1.82, 2.24) is 14.5 Å². The molecular formula is C14H9BrCl2FN3. The van der Waals surface area contributed by atoms with Crippen molar-refractivity contribution in [2.24, 2.45) is 0 Å². The third-order valence-corrected chi connectivity index (χ3v) is 3.93. The molecule has 0 aliphatic rings. The normalized spacial score (nSPS) is 11.2. The number of hydrogen-bond donors (Lipinski definition) is 0. The van der Waals surface area contributed by atoms with Crippen molar-refractivity contribution in [3.8, 4) is 5.69 Å². The summed E-state index contributed by atoms with van der Waals surface area (Å²) in [5.41, 5.74) is 2.13. The second-order valence-electron chi connectivity index (χ2n) is 4.40. The Bertz CT molecular complexity index is 819. The molecule has 0 bridgehead atoms. The summed E-state index contributed by atoms with van der Waals surface area (Å²) in [6.45, 7) is 0. The van der Waals surface area contributed by atoms with Crippen molar-refractivity contribution in [1.29, 1.82) is 0 Å². The van der Waals surface area contributed by atoms with Crippen molar-refractivity contribution in [3.05, 3.63) is 51.6 Å². The lowest BCUT2D eigenvalue weighted by Gasteiger charge is -2.08. The number of aromatic nitrogens is 3. The summed E-state index contributed by atoms with van der Waals surface area (Å²) < 4.78 is 16.0. The minimum Gasteiger partial charge on any atom is -0.281 e. The molecule has 3 rings (SSSR count). The molecule has 0 spiro atoms. The molecule has 0 fully saturated rings. The minimum atomic E-state index is -0.459. The smallest absolute Gasteiger partial charge is 0.164 e. The van der Waals surface area contributed by atoms with Gasteiger partial charge in [-0.25, -0.2) is 14.4 Å². The predicted molar refractivity (Wildman–Crippen MR) is 86.0 cm³/mol. The summed E-state index contributed by atoms with van der Waals surface area (Å²) in [5, 5.41) is 0.0586. The maximum Gasteiger partial charge on any atom is 0.164 e. The molecule has 0 amide bonds. The van der Waals surface area contributed by atoms with E-state index in [1.165, 1.54) is 6.07 Å². The monoisotopic (exact) mass is 387 g/mol. The highest BCUT2D eigenvalue weighted by Crippen LogP contribution is 2.25. The van der Waals surface area contributed by atoms with Gasteiger partial charge in [-0.05, 0) is 40.2 Å². The molecule has 0 aliphatic heterocycles. The molecule has 0 unspecified atom stereocenters. The van der Waals surface area contributed by atoms with Crippen LogP contribution in [0.1, 0.15) is 5.82 Å². The van der Waals surface area contributed by atoms with Gasteiger partial charge in [-0.15, -0.1) is 11.6 Å². The maximum absolute atomic E-state index is 13.4. The van der Waals surface area contributed by atoms with E-state index in [0.717, 1.165) is 15.8 Å². The topological polar surface area (TPSA) is 30.7 Å². The zero-order valence-corrected chi connectivity index (χ0v) is 13.8. The number of fused-ring (bicyclic) bond motifs is 1. The zero-order chi connectivity index (χ0) is 15.0. The predicted octanol–water partition coefficient (Wildman–Crippen LogP) is 4.76. The molecule has 3 aromatic rings. The fourth-order valence-electron chi connectivity index (χ4n) is 2.13. The van der Waals surface area contributed by atoms with E-state index in [9.17, 15) is 4.39 Å². The van der Waals surface area contributed by atoms with Gasteiger partial charge in [0.2, 0.25) is 0 Å². The second kappa shape index (κ2) is 5.91. The number of halogens is 4. The molecule has 1 aromatic carbocycles. The molecule has 0 radical (unpaired) electrons. The zero-order valence-electron chi connectivity index (χ0n) is 10.7. The van der Waals surface area contributed by atoms with E-state index in [-0.39, 0.29) is 5.02 Å². The van der Waals surface area contributed by atoms with Gasteiger partial charge < -0.3 is 0 Å². The summed E-state index contributed by atoms with van der Waals surface area (Å²) in [5.74, 6) is 0.729. The molecule has 2 heterocycles. The highest BCUT2D eigenvalue weighted by molar-refractivity contribution is 9.10. The first-order chi connectivity index (χ1) is 10.1. The molecule has 0 saturated carbocycles. The van der Waals surface area contributed by atoms with E-state index in [0.29, 0.717) is 23.6 Å².